The highest BCUT2D eigenvalue weighted by atomic mass is 16.5. The topological polar surface area (TPSA) is 64.1 Å². The fourth-order valence-corrected chi connectivity index (χ4v) is 4.52. The van der Waals surface area contributed by atoms with Crippen molar-refractivity contribution in [1.29, 1.82) is 0 Å². The lowest BCUT2D eigenvalue weighted by Gasteiger charge is -2.21. The molecule has 1 saturated carbocycles. The van der Waals surface area contributed by atoms with Crippen molar-refractivity contribution in [3.05, 3.63) is 41.3 Å². The molecule has 1 N–H and O–H groups in total. The molecule has 1 aliphatic carbocycles. The van der Waals surface area contributed by atoms with Gasteiger partial charge in [-0.15, -0.1) is 0 Å². The number of aromatic nitrogens is 2. The van der Waals surface area contributed by atoms with Crippen LogP contribution < -0.4 is 10.1 Å². The number of carbonyl (C=O) groups excluding carboxylic acids is 1. The highest BCUT2D eigenvalue weighted by Gasteiger charge is 2.24. The zero-order valence-corrected chi connectivity index (χ0v) is 17.5. The molecule has 2 heterocycles. The van der Waals surface area contributed by atoms with Crippen molar-refractivity contribution in [3.8, 4) is 17.0 Å². The minimum atomic E-state index is 0.00331. The quantitative estimate of drug-likeness (QED) is 0.782. The van der Waals surface area contributed by atoms with Gasteiger partial charge in [0.2, 0.25) is 5.91 Å². The van der Waals surface area contributed by atoms with Crippen molar-refractivity contribution in [1.82, 2.24) is 15.3 Å². The summed E-state index contributed by atoms with van der Waals surface area (Å²) >= 11 is 0. The van der Waals surface area contributed by atoms with Crippen LogP contribution in [0.15, 0.2) is 24.4 Å². The Hall–Kier alpha value is -2.43. The van der Waals surface area contributed by atoms with Crippen molar-refractivity contribution in [3.63, 3.8) is 0 Å². The second-order valence-electron chi connectivity index (χ2n) is 8.56. The lowest BCUT2D eigenvalue weighted by Crippen LogP contribution is -2.34. The van der Waals surface area contributed by atoms with Crippen LogP contribution in [0.2, 0.25) is 0 Å². The molecule has 5 heteroatoms. The van der Waals surface area contributed by atoms with Crippen molar-refractivity contribution >= 4 is 5.91 Å². The molecule has 2 aliphatic rings. The van der Waals surface area contributed by atoms with Crippen LogP contribution in [0.4, 0.5) is 0 Å². The number of ether oxygens (including phenoxy) is 1. The number of aryl methyl sites for hydroxylation is 2. The molecular weight excluding hydrogens is 362 g/mol. The zero-order chi connectivity index (χ0) is 20.2. The first kappa shape index (κ1) is 19.9. The number of carbonyl (C=O) groups is 1. The predicted octanol–water partition coefficient (Wildman–Crippen LogP) is 4.54. The van der Waals surface area contributed by atoms with Crippen LogP contribution in [0.1, 0.15) is 61.9 Å². The molecule has 5 nitrogen and oxygen atoms in total. The van der Waals surface area contributed by atoms with E-state index < -0.39 is 0 Å². The van der Waals surface area contributed by atoms with Gasteiger partial charge in [-0.25, -0.2) is 4.98 Å². The minimum Gasteiger partial charge on any atom is -0.488 e. The summed E-state index contributed by atoms with van der Waals surface area (Å²) < 4.78 is 6.05. The van der Waals surface area contributed by atoms with Crippen molar-refractivity contribution in [2.45, 2.75) is 71.3 Å². The number of fused-ring (bicyclic) bond motifs is 1. The van der Waals surface area contributed by atoms with Crippen LogP contribution in [-0.4, -0.2) is 28.5 Å². The summed E-state index contributed by atoms with van der Waals surface area (Å²) in [5.41, 5.74) is 5.00. The number of benzene rings is 1. The standard InChI is InChI=1S/C24H31N3O2/c1-16-14-25-17(2)24(27-16)19-9-10-22-20(12-19)13-21(29-22)15-26-23(28)11-8-18-6-4-3-5-7-18/h9-10,12,14,18,21H,3-8,11,13,15H2,1-2H3,(H,26,28)/t21-/m1/s1. The summed E-state index contributed by atoms with van der Waals surface area (Å²) in [4.78, 5) is 21.3. The van der Waals surface area contributed by atoms with Gasteiger partial charge < -0.3 is 10.1 Å². The molecule has 0 saturated heterocycles. The van der Waals surface area contributed by atoms with Crippen molar-refractivity contribution in [2.24, 2.45) is 5.92 Å². The molecule has 154 valence electrons. The molecule has 1 amide bonds. The fraction of sp³-hybridized carbons (Fsp3) is 0.542. The van der Waals surface area contributed by atoms with E-state index in [0.29, 0.717) is 13.0 Å². The molecule has 4 rings (SSSR count). The van der Waals surface area contributed by atoms with Crippen LogP contribution in [-0.2, 0) is 11.2 Å². The second kappa shape index (κ2) is 8.93. The Morgan fingerprint density at radius 2 is 2.03 bits per heavy atom. The Morgan fingerprint density at radius 1 is 1.21 bits per heavy atom. The predicted molar refractivity (Wildman–Crippen MR) is 114 cm³/mol. The summed E-state index contributed by atoms with van der Waals surface area (Å²) in [6.07, 6.45) is 10.9. The molecule has 0 bridgehead atoms. The zero-order valence-electron chi connectivity index (χ0n) is 17.5. The number of nitrogens with one attached hydrogen (secondary N) is 1. The molecule has 29 heavy (non-hydrogen) atoms. The highest BCUT2D eigenvalue weighted by Crippen LogP contribution is 2.33. The van der Waals surface area contributed by atoms with Crippen LogP contribution in [0.3, 0.4) is 0 Å². The average molecular weight is 394 g/mol. The lowest BCUT2D eigenvalue weighted by atomic mass is 9.86. The third-order valence-electron chi connectivity index (χ3n) is 6.18. The van der Waals surface area contributed by atoms with Crippen LogP contribution >= 0.6 is 0 Å². The molecular formula is C24H31N3O2. The Balaban J connectivity index is 1.30. The molecule has 2 aromatic rings. The van der Waals surface area contributed by atoms with E-state index in [1.54, 1.807) is 6.20 Å². The van der Waals surface area contributed by atoms with Gasteiger partial charge in [-0.3, -0.25) is 9.78 Å². The van der Waals surface area contributed by atoms with E-state index in [1.165, 1.54) is 37.7 Å². The first-order chi connectivity index (χ1) is 14.1. The van der Waals surface area contributed by atoms with Gasteiger partial charge in [0.15, 0.2) is 0 Å². The van der Waals surface area contributed by atoms with Gasteiger partial charge >= 0.3 is 0 Å². The van der Waals surface area contributed by atoms with Gasteiger partial charge in [0.25, 0.3) is 0 Å². The Kier molecular flexibility index (Phi) is 6.12. The smallest absolute Gasteiger partial charge is 0.220 e. The van der Waals surface area contributed by atoms with E-state index in [9.17, 15) is 4.79 Å². The molecule has 0 radical (unpaired) electrons. The minimum absolute atomic E-state index is 0.00331. The number of amides is 1. The first-order valence-corrected chi connectivity index (χ1v) is 11.0. The summed E-state index contributed by atoms with van der Waals surface area (Å²) in [5.74, 6) is 1.81. The Morgan fingerprint density at radius 3 is 2.86 bits per heavy atom. The Bertz CT molecular complexity index is 874. The highest BCUT2D eigenvalue weighted by molar-refractivity contribution is 5.75. The van der Waals surface area contributed by atoms with Crippen LogP contribution in [0.25, 0.3) is 11.3 Å². The summed E-state index contributed by atoms with van der Waals surface area (Å²) in [5, 5.41) is 3.08. The molecule has 1 fully saturated rings. The van der Waals surface area contributed by atoms with E-state index in [2.05, 4.69) is 21.4 Å². The number of nitrogens with zero attached hydrogens (tertiary/aromatic N) is 2. The molecule has 0 unspecified atom stereocenters. The normalized spacial score (nSPS) is 18.9. The van der Waals surface area contributed by atoms with Gasteiger partial charge in [0.05, 0.1) is 23.6 Å². The first-order valence-electron chi connectivity index (χ1n) is 11.0. The van der Waals surface area contributed by atoms with E-state index in [0.717, 1.165) is 47.2 Å². The maximum absolute atomic E-state index is 12.2. The number of rotatable bonds is 6. The SMILES string of the molecule is Cc1cnc(C)c(-c2ccc3c(c2)C[C@H](CNC(=O)CCC2CCCCC2)O3)n1. The van der Waals surface area contributed by atoms with Gasteiger partial charge in [-0.1, -0.05) is 32.1 Å². The third-order valence-corrected chi connectivity index (χ3v) is 6.18. The lowest BCUT2D eigenvalue weighted by molar-refractivity contribution is -0.121. The van der Waals surface area contributed by atoms with Crippen molar-refractivity contribution in [2.75, 3.05) is 6.54 Å². The molecule has 0 spiro atoms. The third kappa shape index (κ3) is 4.95. The van der Waals surface area contributed by atoms with E-state index in [-0.39, 0.29) is 12.0 Å². The maximum atomic E-state index is 12.2. The molecule has 1 aromatic heterocycles. The Labute approximate surface area is 173 Å². The summed E-state index contributed by atoms with van der Waals surface area (Å²) in [6.45, 7) is 4.51. The molecule has 1 aromatic carbocycles. The second-order valence-corrected chi connectivity index (χ2v) is 8.56. The largest absolute Gasteiger partial charge is 0.488 e. The van der Waals surface area contributed by atoms with Crippen LogP contribution in [0.5, 0.6) is 5.75 Å². The van der Waals surface area contributed by atoms with E-state index >= 15 is 0 Å². The molecule has 1 aliphatic heterocycles. The molecule has 1 atom stereocenters. The number of hydrogen-bond donors (Lipinski definition) is 1. The van der Waals surface area contributed by atoms with Gasteiger partial charge in [-0.2, -0.15) is 0 Å². The average Bonchev–Trinajstić information content (AvgIpc) is 3.15. The van der Waals surface area contributed by atoms with E-state index in [1.807, 2.05) is 26.0 Å². The van der Waals surface area contributed by atoms with Crippen molar-refractivity contribution < 1.29 is 9.53 Å². The number of hydrogen-bond acceptors (Lipinski definition) is 4. The van der Waals surface area contributed by atoms with Gasteiger partial charge in [0, 0.05) is 24.6 Å². The van der Waals surface area contributed by atoms with Crippen LogP contribution in [0, 0.1) is 19.8 Å². The summed E-state index contributed by atoms with van der Waals surface area (Å²) in [7, 11) is 0. The van der Waals surface area contributed by atoms with E-state index in [4.69, 9.17) is 4.74 Å². The maximum Gasteiger partial charge on any atom is 0.220 e. The monoisotopic (exact) mass is 393 g/mol. The summed E-state index contributed by atoms with van der Waals surface area (Å²) in [6, 6.07) is 6.20. The fourth-order valence-electron chi connectivity index (χ4n) is 4.52. The van der Waals surface area contributed by atoms with Gasteiger partial charge in [0.1, 0.15) is 11.9 Å². The van der Waals surface area contributed by atoms with Gasteiger partial charge in [-0.05, 0) is 49.9 Å².